The van der Waals surface area contributed by atoms with Crippen molar-refractivity contribution in [3.05, 3.63) is 47.4 Å². The number of hydrogen-bond acceptors (Lipinski definition) is 5. The molecule has 1 fully saturated rings. The van der Waals surface area contributed by atoms with Crippen LogP contribution in [0.5, 0.6) is 5.88 Å². The second-order valence-electron chi connectivity index (χ2n) is 6.21. The van der Waals surface area contributed by atoms with E-state index in [-0.39, 0.29) is 13.1 Å². The summed E-state index contributed by atoms with van der Waals surface area (Å²) in [6.07, 6.45) is 0.757. The number of ether oxygens (including phenoxy) is 1. The van der Waals surface area contributed by atoms with Crippen LogP contribution in [0.1, 0.15) is 24.4 Å². The lowest BCUT2D eigenvalue weighted by Gasteiger charge is -2.32. The van der Waals surface area contributed by atoms with E-state index in [1.165, 1.54) is 0 Å². The van der Waals surface area contributed by atoms with Crippen molar-refractivity contribution in [3.63, 3.8) is 0 Å². The van der Waals surface area contributed by atoms with E-state index in [9.17, 15) is 17.2 Å². The third-order valence-electron chi connectivity index (χ3n) is 4.08. The maximum absolute atomic E-state index is 13.9. The number of aryl methyl sites for hydroxylation is 2. The lowest BCUT2D eigenvalue weighted by Crippen LogP contribution is -2.44. The average molecular weight is 383 g/mol. The first kappa shape index (κ1) is 18.7. The molecule has 1 aliphatic heterocycles. The maximum atomic E-state index is 13.9. The van der Waals surface area contributed by atoms with Crippen molar-refractivity contribution in [2.24, 2.45) is 0 Å². The fourth-order valence-corrected chi connectivity index (χ4v) is 4.53. The number of rotatable bonds is 4. The Hall–Kier alpha value is -2.13. The fourth-order valence-electron chi connectivity index (χ4n) is 2.95. The van der Waals surface area contributed by atoms with Crippen molar-refractivity contribution >= 4 is 10.0 Å². The molecule has 2 aromatic rings. The van der Waals surface area contributed by atoms with Gasteiger partial charge in [-0.3, -0.25) is 0 Å². The van der Waals surface area contributed by atoms with Gasteiger partial charge in [-0.2, -0.15) is 9.29 Å². The second kappa shape index (κ2) is 7.24. The van der Waals surface area contributed by atoms with Crippen molar-refractivity contribution in [2.75, 3.05) is 13.1 Å². The van der Waals surface area contributed by atoms with Crippen LogP contribution in [0.3, 0.4) is 0 Å². The summed E-state index contributed by atoms with van der Waals surface area (Å²) < 4.78 is 59.7. The Labute approximate surface area is 150 Å². The van der Waals surface area contributed by atoms with E-state index >= 15 is 0 Å². The summed E-state index contributed by atoms with van der Waals surface area (Å²) in [4.78, 5) is 7.69. The van der Waals surface area contributed by atoms with Gasteiger partial charge >= 0.3 is 0 Å². The summed E-state index contributed by atoms with van der Waals surface area (Å²) in [6.45, 7) is 3.82. The minimum atomic E-state index is -4.15. The molecule has 3 rings (SSSR count). The topological polar surface area (TPSA) is 72.4 Å². The first-order valence-electron chi connectivity index (χ1n) is 8.20. The van der Waals surface area contributed by atoms with E-state index in [1.807, 2.05) is 6.92 Å². The van der Waals surface area contributed by atoms with Gasteiger partial charge in [-0.1, -0.05) is 0 Å². The predicted molar refractivity (Wildman–Crippen MR) is 90.3 cm³/mol. The van der Waals surface area contributed by atoms with Gasteiger partial charge in [0.15, 0.2) is 0 Å². The van der Waals surface area contributed by atoms with Crippen LogP contribution in [-0.2, 0) is 10.0 Å². The van der Waals surface area contributed by atoms with Gasteiger partial charge in [-0.15, -0.1) is 0 Å². The monoisotopic (exact) mass is 383 g/mol. The van der Waals surface area contributed by atoms with Crippen LogP contribution in [0.4, 0.5) is 8.78 Å². The smallest absolute Gasteiger partial charge is 0.246 e. The van der Waals surface area contributed by atoms with Crippen molar-refractivity contribution in [1.29, 1.82) is 0 Å². The summed E-state index contributed by atoms with van der Waals surface area (Å²) in [5.74, 6) is -0.850. The van der Waals surface area contributed by atoms with E-state index in [1.54, 1.807) is 13.0 Å². The average Bonchev–Trinajstić information content (AvgIpc) is 2.56. The first-order chi connectivity index (χ1) is 12.3. The molecular formula is C17H19F2N3O3S. The summed E-state index contributed by atoms with van der Waals surface area (Å²) >= 11 is 0. The van der Waals surface area contributed by atoms with Gasteiger partial charge in [0.05, 0.1) is 6.54 Å². The van der Waals surface area contributed by atoms with Crippen LogP contribution in [0.15, 0.2) is 29.2 Å². The number of nitrogens with zero attached hydrogens (tertiary/aromatic N) is 3. The normalized spacial score (nSPS) is 18.7. The minimum absolute atomic E-state index is 0.0420. The van der Waals surface area contributed by atoms with Gasteiger partial charge in [-0.05, 0) is 44.9 Å². The Morgan fingerprint density at radius 3 is 2.69 bits per heavy atom. The van der Waals surface area contributed by atoms with Crippen LogP contribution in [0, 0.1) is 25.5 Å². The Kier molecular flexibility index (Phi) is 5.19. The van der Waals surface area contributed by atoms with Crippen molar-refractivity contribution in [1.82, 2.24) is 14.3 Å². The summed E-state index contributed by atoms with van der Waals surface area (Å²) in [5.41, 5.74) is 0.745. The van der Waals surface area contributed by atoms with Crippen LogP contribution in [-0.4, -0.2) is 41.9 Å². The molecule has 0 radical (unpaired) electrons. The maximum Gasteiger partial charge on any atom is 0.246 e. The molecule has 0 spiro atoms. The minimum Gasteiger partial charge on any atom is -0.473 e. The Bertz CT molecular complexity index is 901. The van der Waals surface area contributed by atoms with Gasteiger partial charge in [0.2, 0.25) is 15.9 Å². The molecule has 1 atom stereocenters. The molecule has 0 saturated carbocycles. The summed E-state index contributed by atoms with van der Waals surface area (Å²) in [7, 11) is -4.15. The van der Waals surface area contributed by atoms with Crippen LogP contribution < -0.4 is 4.74 Å². The molecule has 140 valence electrons. The van der Waals surface area contributed by atoms with Gasteiger partial charge in [0.1, 0.15) is 28.5 Å². The van der Waals surface area contributed by atoms with Crippen LogP contribution >= 0.6 is 0 Å². The molecule has 0 unspecified atom stereocenters. The number of hydrogen-bond donors (Lipinski definition) is 0. The fraction of sp³-hybridized carbons (Fsp3) is 0.412. The zero-order chi connectivity index (χ0) is 18.9. The molecule has 0 amide bonds. The van der Waals surface area contributed by atoms with E-state index < -0.39 is 32.7 Å². The lowest BCUT2D eigenvalue weighted by atomic mass is 10.1. The molecule has 1 aliphatic rings. The molecule has 0 aliphatic carbocycles. The van der Waals surface area contributed by atoms with Crippen molar-refractivity contribution < 1.29 is 21.9 Å². The largest absolute Gasteiger partial charge is 0.473 e. The number of sulfonamides is 1. The molecule has 1 aromatic heterocycles. The number of benzene rings is 1. The highest BCUT2D eigenvalue weighted by Crippen LogP contribution is 2.25. The molecule has 26 heavy (non-hydrogen) atoms. The zero-order valence-electron chi connectivity index (χ0n) is 14.4. The van der Waals surface area contributed by atoms with Crippen molar-refractivity contribution in [2.45, 2.75) is 37.7 Å². The third-order valence-corrected chi connectivity index (χ3v) is 5.96. The van der Waals surface area contributed by atoms with Gasteiger partial charge in [-0.25, -0.2) is 22.2 Å². The highest BCUT2D eigenvalue weighted by Gasteiger charge is 2.33. The molecule has 6 nitrogen and oxygen atoms in total. The summed E-state index contributed by atoms with van der Waals surface area (Å²) in [6, 6.07) is 4.07. The molecular weight excluding hydrogens is 364 g/mol. The predicted octanol–water partition coefficient (Wildman–Crippen LogP) is 2.60. The number of piperidine rings is 1. The molecule has 0 N–H and O–H groups in total. The van der Waals surface area contributed by atoms with Crippen LogP contribution in [0.2, 0.25) is 0 Å². The van der Waals surface area contributed by atoms with E-state index in [4.69, 9.17) is 4.74 Å². The lowest BCUT2D eigenvalue weighted by molar-refractivity contribution is 0.124. The number of halogens is 2. The third kappa shape index (κ3) is 3.99. The second-order valence-corrected chi connectivity index (χ2v) is 8.12. The van der Waals surface area contributed by atoms with Crippen LogP contribution in [0.25, 0.3) is 0 Å². The Balaban J connectivity index is 1.80. The molecule has 2 heterocycles. The number of aromatic nitrogens is 2. The Morgan fingerprint density at radius 2 is 1.96 bits per heavy atom. The summed E-state index contributed by atoms with van der Waals surface area (Å²) in [5, 5.41) is 0. The van der Waals surface area contributed by atoms with E-state index in [2.05, 4.69) is 9.97 Å². The molecule has 9 heteroatoms. The van der Waals surface area contributed by atoms with Gasteiger partial charge < -0.3 is 4.74 Å². The van der Waals surface area contributed by atoms with Gasteiger partial charge in [0.25, 0.3) is 0 Å². The van der Waals surface area contributed by atoms with E-state index in [0.717, 1.165) is 22.1 Å². The SMILES string of the molecule is Cc1cc(O[C@@H]2CCCN(S(=O)(=O)c3cc(F)ccc3F)C2)nc(C)n1. The first-order valence-corrected chi connectivity index (χ1v) is 9.64. The highest BCUT2D eigenvalue weighted by molar-refractivity contribution is 7.89. The quantitative estimate of drug-likeness (QED) is 0.812. The highest BCUT2D eigenvalue weighted by atomic mass is 32.2. The Morgan fingerprint density at radius 1 is 1.19 bits per heavy atom. The van der Waals surface area contributed by atoms with E-state index in [0.29, 0.717) is 30.6 Å². The van der Waals surface area contributed by atoms with Gasteiger partial charge in [0, 0.05) is 18.3 Å². The molecule has 1 saturated heterocycles. The van der Waals surface area contributed by atoms with Crippen molar-refractivity contribution in [3.8, 4) is 5.88 Å². The zero-order valence-corrected chi connectivity index (χ0v) is 15.3. The molecule has 1 aromatic carbocycles. The standard InChI is InChI=1S/C17H19F2N3O3S/c1-11-8-17(21-12(2)20-11)25-14-4-3-7-22(10-14)26(23,24)16-9-13(18)5-6-15(16)19/h5-6,8-9,14H,3-4,7,10H2,1-2H3/t14-/m1/s1. The molecule has 0 bridgehead atoms.